The third-order valence-corrected chi connectivity index (χ3v) is 23.0. The Balaban J connectivity index is 0.688. The first-order valence-corrected chi connectivity index (χ1v) is 36.4. The van der Waals surface area contributed by atoms with E-state index < -0.39 is 0 Å². The van der Waals surface area contributed by atoms with Crippen LogP contribution in [-0.2, 0) is 0 Å². The molecule has 18 aromatic carbocycles. The van der Waals surface area contributed by atoms with Crippen LogP contribution in [0.4, 0.5) is 34.1 Å². The maximum atomic E-state index is 7.07. The molecule has 2 aliphatic rings. The number of para-hydroxylation sites is 4. The number of hydrogen-bond donors (Lipinski definition) is 0. The molecule has 0 bridgehead atoms. The van der Waals surface area contributed by atoms with Gasteiger partial charge in [0, 0.05) is 88.4 Å². The topological polar surface area (TPSA) is 42.6 Å². The average molecular weight is 1350 g/mol. The third kappa shape index (κ3) is 8.04. The van der Waals surface area contributed by atoms with Gasteiger partial charge in [-0.25, -0.2) is 0 Å². The number of fused-ring (bicyclic) bond motifs is 22. The number of rotatable bonds is 9. The van der Waals surface area contributed by atoms with Gasteiger partial charge in [0.25, 0.3) is 0 Å². The molecule has 0 unspecified atom stereocenters. The average Bonchev–Trinajstić information content (AvgIpc) is 1.55. The second kappa shape index (κ2) is 21.7. The van der Waals surface area contributed by atoms with Crippen molar-refractivity contribution in [2.75, 3.05) is 9.80 Å². The summed E-state index contributed by atoms with van der Waals surface area (Å²) in [7, 11) is 0. The highest BCUT2D eigenvalue weighted by Gasteiger charge is 2.33. The Morgan fingerprint density at radius 2 is 0.642 bits per heavy atom. The van der Waals surface area contributed by atoms with Gasteiger partial charge in [0.15, 0.2) is 0 Å². The smallest absolute Gasteiger partial charge is 0.137 e. The van der Waals surface area contributed by atoms with Gasteiger partial charge in [-0.05, 0) is 228 Å². The Morgan fingerprint density at radius 1 is 0.208 bits per heavy atom. The summed E-state index contributed by atoms with van der Waals surface area (Å²) in [5.41, 5.74) is 28.7. The summed E-state index contributed by atoms with van der Waals surface area (Å²) in [6.45, 7) is 0. The van der Waals surface area contributed by atoms with E-state index in [1.165, 1.54) is 104 Å². The highest BCUT2D eigenvalue weighted by atomic mass is 16.3. The molecule has 0 saturated carbocycles. The molecule has 106 heavy (non-hydrogen) atoms. The zero-order valence-corrected chi connectivity index (χ0v) is 57.1. The first kappa shape index (κ1) is 57.4. The van der Waals surface area contributed by atoms with Crippen LogP contribution < -0.4 is 9.80 Å². The molecule has 24 rings (SSSR count). The summed E-state index contributed by atoms with van der Waals surface area (Å²) in [6.07, 6.45) is 0. The highest BCUT2D eigenvalue weighted by Crippen LogP contribution is 2.59. The van der Waals surface area contributed by atoms with Crippen molar-refractivity contribution in [2.45, 2.75) is 0 Å². The zero-order valence-electron chi connectivity index (χ0n) is 57.1. The summed E-state index contributed by atoms with van der Waals surface area (Å²) in [5, 5.41) is 18.9. The van der Waals surface area contributed by atoms with Crippen molar-refractivity contribution >= 4 is 165 Å². The standard InChI is InChI=1S/C100H58N4O2/c1-3-24-65(25-4-1)102-83-36-13-11-30-72(83)80-56-67(44-49-85(80)102)101(88-37-17-34-76-74-32-15-22-63-52-61-20-7-9-28-70(61)99(94(63)74)97(76)88)68-46-51-91-82(58-68)73-47-42-60(55-93(73)106-91)59-43-48-84-79(54-59)81-57-69(45-50-86(81)103(84)66-26-5-2-6-27-66)104(87-39-19-41-92-96(87)78-31-12-14-40-90(78)105-92)89-38-18-35-77-75-33-16-23-64-53-62-21-8-10-29-71(62)100(95(64)75)98(77)89/h1-58H. The Hall–Kier alpha value is -14.2. The van der Waals surface area contributed by atoms with Crippen LogP contribution in [0, 0.1) is 0 Å². The molecule has 0 atom stereocenters. The normalized spacial score (nSPS) is 12.3. The van der Waals surface area contributed by atoms with Crippen LogP contribution in [0.5, 0.6) is 0 Å². The van der Waals surface area contributed by atoms with Crippen molar-refractivity contribution in [3.63, 3.8) is 0 Å². The van der Waals surface area contributed by atoms with E-state index in [2.05, 4.69) is 371 Å². The molecule has 6 nitrogen and oxygen atoms in total. The van der Waals surface area contributed by atoms with Crippen molar-refractivity contribution in [3.8, 4) is 67.0 Å². The molecular weight excluding hydrogens is 1290 g/mol. The molecule has 0 spiro atoms. The SMILES string of the molecule is c1ccc(-n2c3ccccc3c3cc(N(c4ccc5oc6cc(-c7ccc8c(c7)c7cc(N(c9cccc%10c9-c9c%11ccccc%11cc%11cccc-%10c9%11)c9cccc%10oc%11ccccc%11c9%10)ccc7n8-c7ccccc7)ccc6c5c4)c4cccc5c4-c4c6ccccc6cc6cccc-5c46)ccc32)cc1. The van der Waals surface area contributed by atoms with Crippen LogP contribution in [0.25, 0.3) is 198 Å². The number of anilines is 6. The van der Waals surface area contributed by atoms with Crippen molar-refractivity contribution in [2.24, 2.45) is 0 Å². The van der Waals surface area contributed by atoms with Gasteiger partial charge in [-0.3, -0.25) is 0 Å². The van der Waals surface area contributed by atoms with Crippen LogP contribution in [0.2, 0.25) is 0 Å². The number of furan rings is 2. The van der Waals surface area contributed by atoms with Crippen LogP contribution in [-0.4, -0.2) is 9.13 Å². The summed E-state index contributed by atoms with van der Waals surface area (Å²) in [6, 6.07) is 130. The molecule has 4 aromatic heterocycles. The molecule has 0 N–H and O–H groups in total. The van der Waals surface area contributed by atoms with Crippen molar-refractivity contribution in [1.29, 1.82) is 0 Å². The fourth-order valence-corrected chi connectivity index (χ4v) is 18.6. The van der Waals surface area contributed by atoms with Crippen LogP contribution in [0.1, 0.15) is 0 Å². The lowest BCUT2D eigenvalue weighted by Crippen LogP contribution is -2.11. The molecule has 22 aromatic rings. The van der Waals surface area contributed by atoms with Gasteiger partial charge in [0.2, 0.25) is 0 Å². The van der Waals surface area contributed by atoms with Gasteiger partial charge in [-0.15, -0.1) is 0 Å². The number of nitrogens with zero attached hydrogens (tertiary/aromatic N) is 4. The lowest BCUT2D eigenvalue weighted by molar-refractivity contribution is 0.668. The minimum absolute atomic E-state index is 0.826. The lowest BCUT2D eigenvalue weighted by atomic mass is 9.94. The van der Waals surface area contributed by atoms with Gasteiger partial charge >= 0.3 is 0 Å². The molecule has 0 amide bonds. The van der Waals surface area contributed by atoms with E-state index in [1.807, 2.05) is 0 Å². The van der Waals surface area contributed by atoms with Crippen LogP contribution in [0.3, 0.4) is 0 Å². The second-order valence-corrected chi connectivity index (χ2v) is 28.6. The minimum atomic E-state index is 0.826. The molecule has 2 aliphatic carbocycles. The van der Waals surface area contributed by atoms with E-state index in [-0.39, 0.29) is 0 Å². The molecule has 490 valence electrons. The van der Waals surface area contributed by atoms with Crippen molar-refractivity contribution in [1.82, 2.24) is 9.13 Å². The maximum Gasteiger partial charge on any atom is 0.137 e. The zero-order chi connectivity index (χ0) is 69.0. The summed E-state index contributed by atoms with van der Waals surface area (Å²) >= 11 is 0. The Bertz CT molecular complexity index is 7600. The fourth-order valence-electron chi connectivity index (χ4n) is 18.6. The van der Waals surface area contributed by atoms with E-state index in [0.717, 1.165) is 128 Å². The van der Waals surface area contributed by atoms with Gasteiger partial charge in [-0.1, -0.05) is 200 Å². The predicted molar refractivity (Wildman–Crippen MR) is 443 cm³/mol. The fraction of sp³-hybridized carbons (Fsp3) is 0. The van der Waals surface area contributed by atoms with E-state index in [4.69, 9.17) is 8.83 Å². The molecule has 0 saturated heterocycles. The molecule has 6 heteroatoms. The molecular formula is C100H58N4O2. The largest absolute Gasteiger partial charge is 0.456 e. The first-order chi connectivity index (χ1) is 52.6. The first-order valence-electron chi connectivity index (χ1n) is 36.4. The monoisotopic (exact) mass is 1350 g/mol. The number of aromatic nitrogens is 2. The van der Waals surface area contributed by atoms with Crippen molar-refractivity contribution in [3.05, 3.63) is 352 Å². The van der Waals surface area contributed by atoms with Crippen molar-refractivity contribution < 1.29 is 8.83 Å². The van der Waals surface area contributed by atoms with Gasteiger partial charge < -0.3 is 27.8 Å². The number of benzene rings is 18. The summed E-state index contributed by atoms with van der Waals surface area (Å²) in [4.78, 5) is 5.01. The molecule has 0 radical (unpaired) electrons. The quantitative estimate of drug-likeness (QED) is 0.135. The predicted octanol–water partition coefficient (Wildman–Crippen LogP) is 28.2. The van der Waals surface area contributed by atoms with Crippen LogP contribution >= 0.6 is 0 Å². The Morgan fingerprint density at radius 3 is 1.30 bits per heavy atom. The molecule has 0 fully saturated rings. The molecule has 0 aliphatic heterocycles. The Labute approximate surface area is 607 Å². The Kier molecular flexibility index (Phi) is 11.7. The van der Waals surface area contributed by atoms with E-state index in [1.54, 1.807) is 0 Å². The highest BCUT2D eigenvalue weighted by molar-refractivity contribution is 6.29. The van der Waals surface area contributed by atoms with Gasteiger partial charge in [0.1, 0.15) is 22.3 Å². The minimum Gasteiger partial charge on any atom is -0.456 e. The van der Waals surface area contributed by atoms with E-state index in [0.29, 0.717) is 0 Å². The summed E-state index contributed by atoms with van der Waals surface area (Å²) < 4.78 is 18.6. The van der Waals surface area contributed by atoms with E-state index >= 15 is 0 Å². The molecule has 4 heterocycles. The number of hydrogen-bond acceptors (Lipinski definition) is 4. The summed E-state index contributed by atoms with van der Waals surface area (Å²) in [5.74, 6) is 0. The maximum absolute atomic E-state index is 7.07. The van der Waals surface area contributed by atoms with Gasteiger partial charge in [0.05, 0.1) is 44.5 Å². The third-order valence-electron chi connectivity index (χ3n) is 23.0. The van der Waals surface area contributed by atoms with E-state index in [9.17, 15) is 0 Å². The van der Waals surface area contributed by atoms with Gasteiger partial charge in [-0.2, -0.15) is 0 Å². The lowest BCUT2D eigenvalue weighted by Gasteiger charge is -2.29. The van der Waals surface area contributed by atoms with Crippen LogP contribution in [0.15, 0.2) is 361 Å². The second-order valence-electron chi connectivity index (χ2n) is 28.6.